The van der Waals surface area contributed by atoms with Gasteiger partial charge >= 0.3 is 0 Å². The minimum Gasteiger partial charge on any atom is -0.285 e. The third kappa shape index (κ3) is 4.73. The van der Waals surface area contributed by atoms with Gasteiger partial charge in [-0.05, 0) is 38.3 Å². The number of aliphatic imine (C=N–C) groups is 1. The van der Waals surface area contributed by atoms with Gasteiger partial charge in [-0.25, -0.2) is 0 Å². The second kappa shape index (κ2) is 5.06. The van der Waals surface area contributed by atoms with Gasteiger partial charge < -0.3 is 0 Å². The van der Waals surface area contributed by atoms with Gasteiger partial charge in [0.05, 0.1) is 11.2 Å². The Bertz CT molecular complexity index is 313. The van der Waals surface area contributed by atoms with Crippen LogP contribution < -0.4 is 0 Å². The smallest absolute Gasteiger partial charge is 0.0808 e. The first-order valence-electron chi connectivity index (χ1n) is 5.46. The Morgan fingerprint density at radius 3 is 2.67 bits per heavy atom. The largest absolute Gasteiger partial charge is 0.285 e. The third-order valence-corrected chi connectivity index (χ3v) is 2.14. The molecule has 1 aromatic heterocycles. The Balaban J connectivity index is 2.64. The molecule has 15 heavy (non-hydrogen) atoms. The quantitative estimate of drug-likeness (QED) is 0.691. The minimum absolute atomic E-state index is 0.00564. The Labute approximate surface area is 92.5 Å². The summed E-state index contributed by atoms with van der Waals surface area (Å²) < 4.78 is 0. The molecule has 0 atom stereocenters. The van der Waals surface area contributed by atoms with Crippen LogP contribution in [0.2, 0.25) is 0 Å². The van der Waals surface area contributed by atoms with Gasteiger partial charge in [0.25, 0.3) is 0 Å². The molecule has 0 aliphatic heterocycles. The summed E-state index contributed by atoms with van der Waals surface area (Å²) >= 11 is 0. The van der Waals surface area contributed by atoms with Crippen molar-refractivity contribution in [1.29, 1.82) is 0 Å². The SMILES string of the molecule is CC(C)CC(C)(C)/N=C/c1ccccn1. The van der Waals surface area contributed by atoms with Crippen molar-refractivity contribution in [3.05, 3.63) is 30.1 Å². The molecule has 2 heteroatoms. The Hall–Kier alpha value is -1.18. The molecule has 1 heterocycles. The van der Waals surface area contributed by atoms with Gasteiger partial charge in [0.1, 0.15) is 0 Å². The van der Waals surface area contributed by atoms with E-state index in [1.807, 2.05) is 24.4 Å². The zero-order valence-electron chi connectivity index (χ0n) is 10.1. The first-order chi connectivity index (χ1) is 6.99. The van der Waals surface area contributed by atoms with Crippen LogP contribution in [0.5, 0.6) is 0 Å². The molecule has 0 fully saturated rings. The maximum Gasteiger partial charge on any atom is 0.0808 e. The molecule has 0 saturated heterocycles. The van der Waals surface area contributed by atoms with Crippen molar-refractivity contribution in [2.24, 2.45) is 10.9 Å². The summed E-state index contributed by atoms with van der Waals surface area (Å²) in [7, 11) is 0. The van der Waals surface area contributed by atoms with E-state index < -0.39 is 0 Å². The van der Waals surface area contributed by atoms with E-state index in [1.165, 1.54) is 0 Å². The molecule has 0 radical (unpaired) electrons. The van der Waals surface area contributed by atoms with Crippen molar-refractivity contribution in [2.45, 2.75) is 39.7 Å². The van der Waals surface area contributed by atoms with Gasteiger partial charge in [0.2, 0.25) is 0 Å². The predicted octanol–water partition coefficient (Wildman–Crippen LogP) is 3.33. The highest BCUT2D eigenvalue weighted by Gasteiger charge is 2.16. The Morgan fingerprint density at radius 2 is 2.13 bits per heavy atom. The van der Waals surface area contributed by atoms with Crippen LogP contribution in [-0.4, -0.2) is 16.7 Å². The average molecular weight is 204 g/mol. The van der Waals surface area contributed by atoms with Crippen molar-refractivity contribution in [3.63, 3.8) is 0 Å². The second-order valence-corrected chi connectivity index (χ2v) is 4.92. The maximum absolute atomic E-state index is 4.58. The van der Waals surface area contributed by atoms with Gasteiger partial charge in [-0.15, -0.1) is 0 Å². The maximum atomic E-state index is 4.58. The molecule has 1 aromatic rings. The van der Waals surface area contributed by atoms with Crippen molar-refractivity contribution in [2.75, 3.05) is 0 Å². The van der Waals surface area contributed by atoms with Crippen molar-refractivity contribution < 1.29 is 0 Å². The number of pyridine rings is 1. The lowest BCUT2D eigenvalue weighted by Crippen LogP contribution is -2.19. The van der Waals surface area contributed by atoms with E-state index in [4.69, 9.17) is 0 Å². The van der Waals surface area contributed by atoms with Crippen LogP contribution >= 0.6 is 0 Å². The molecule has 0 aromatic carbocycles. The predicted molar refractivity (Wildman–Crippen MR) is 65.4 cm³/mol. The molecule has 0 amide bonds. The number of aromatic nitrogens is 1. The van der Waals surface area contributed by atoms with Crippen LogP contribution in [0.25, 0.3) is 0 Å². The van der Waals surface area contributed by atoms with Crippen LogP contribution in [0.1, 0.15) is 39.8 Å². The molecule has 2 nitrogen and oxygen atoms in total. The van der Waals surface area contributed by atoms with Gasteiger partial charge in [-0.2, -0.15) is 0 Å². The van der Waals surface area contributed by atoms with Gasteiger partial charge in [-0.3, -0.25) is 9.98 Å². The third-order valence-electron chi connectivity index (χ3n) is 2.14. The van der Waals surface area contributed by atoms with Crippen molar-refractivity contribution in [3.8, 4) is 0 Å². The van der Waals surface area contributed by atoms with E-state index in [9.17, 15) is 0 Å². The normalized spacial score (nSPS) is 12.6. The van der Waals surface area contributed by atoms with Crippen LogP contribution in [-0.2, 0) is 0 Å². The topological polar surface area (TPSA) is 25.2 Å². The summed E-state index contributed by atoms with van der Waals surface area (Å²) in [5.41, 5.74) is 0.931. The highest BCUT2D eigenvalue weighted by atomic mass is 14.8. The summed E-state index contributed by atoms with van der Waals surface area (Å²) in [6.45, 7) is 8.76. The molecular formula is C13H20N2. The lowest BCUT2D eigenvalue weighted by molar-refractivity contribution is 0.404. The molecule has 0 bridgehead atoms. The van der Waals surface area contributed by atoms with Gasteiger partial charge in [0.15, 0.2) is 0 Å². The fourth-order valence-corrected chi connectivity index (χ4v) is 1.74. The lowest BCUT2D eigenvalue weighted by atomic mass is 9.93. The Kier molecular flexibility index (Phi) is 4.01. The van der Waals surface area contributed by atoms with E-state index in [2.05, 4.69) is 37.7 Å². The summed E-state index contributed by atoms with van der Waals surface area (Å²) in [5.74, 6) is 0.667. The van der Waals surface area contributed by atoms with Crippen LogP contribution in [0.4, 0.5) is 0 Å². The van der Waals surface area contributed by atoms with Crippen LogP contribution in [0.15, 0.2) is 29.4 Å². The standard InChI is InChI=1S/C13H20N2/c1-11(2)9-13(3,4)15-10-12-7-5-6-8-14-12/h5-8,10-11H,9H2,1-4H3/b15-10+. The average Bonchev–Trinajstić information content (AvgIpc) is 2.15. The minimum atomic E-state index is 0.00564. The second-order valence-electron chi connectivity index (χ2n) is 4.92. The highest BCUT2D eigenvalue weighted by Crippen LogP contribution is 2.19. The highest BCUT2D eigenvalue weighted by molar-refractivity contribution is 5.77. The molecule has 82 valence electrons. The molecule has 0 saturated carbocycles. The molecule has 0 unspecified atom stereocenters. The zero-order chi connectivity index (χ0) is 11.3. The molecule has 0 aliphatic rings. The first kappa shape index (κ1) is 11.9. The number of rotatable bonds is 4. The van der Waals surface area contributed by atoms with Gasteiger partial charge in [-0.1, -0.05) is 19.9 Å². The zero-order valence-corrected chi connectivity index (χ0v) is 10.1. The van der Waals surface area contributed by atoms with E-state index in [1.54, 1.807) is 6.20 Å². The molecule has 0 spiro atoms. The Morgan fingerprint density at radius 1 is 1.40 bits per heavy atom. The lowest BCUT2D eigenvalue weighted by Gasteiger charge is -2.21. The van der Waals surface area contributed by atoms with Crippen LogP contribution in [0, 0.1) is 5.92 Å². The number of hydrogen-bond donors (Lipinski definition) is 0. The monoisotopic (exact) mass is 204 g/mol. The van der Waals surface area contributed by atoms with E-state index >= 15 is 0 Å². The van der Waals surface area contributed by atoms with Crippen molar-refractivity contribution in [1.82, 2.24) is 4.98 Å². The van der Waals surface area contributed by atoms with E-state index in [-0.39, 0.29) is 5.54 Å². The number of hydrogen-bond acceptors (Lipinski definition) is 2. The summed E-state index contributed by atoms with van der Waals surface area (Å²) in [4.78, 5) is 8.79. The van der Waals surface area contributed by atoms with Crippen LogP contribution in [0.3, 0.4) is 0 Å². The fraction of sp³-hybridized carbons (Fsp3) is 0.538. The van der Waals surface area contributed by atoms with Crippen molar-refractivity contribution >= 4 is 6.21 Å². The van der Waals surface area contributed by atoms with E-state index in [0.29, 0.717) is 5.92 Å². The summed E-state index contributed by atoms with van der Waals surface area (Å²) in [5, 5.41) is 0. The summed E-state index contributed by atoms with van der Waals surface area (Å²) in [6.07, 6.45) is 4.75. The fourth-order valence-electron chi connectivity index (χ4n) is 1.74. The number of nitrogens with zero attached hydrogens (tertiary/aromatic N) is 2. The van der Waals surface area contributed by atoms with Gasteiger partial charge in [0, 0.05) is 12.4 Å². The molecular weight excluding hydrogens is 184 g/mol. The van der Waals surface area contributed by atoms with E-state index in [0.717, 1.165) is 12.1 Å². The molecule has 0 N–H and O–H groups in total. The first-order valence-corrected chi connectivity index (χ1v) is 5.46. The molecule has 0 aliphatic carbocycles. The summed E-state index contributed by atoms with van der Waals surface area (Å²) in [6, 6.07) is 5.86. The molecule has 1 rings (SSSR count).